The van der Waals surface area contributed by atoms with Gasteiger partial charge in [-0.3, -0.25) is 4.79 Å². The zero-order valence-corrected chi connectivity index (χ0v) is 12.2. The molecule has 0 aromatic heterocycles. The smallest absolute Gasteiger partial charge is 0.382 e. The number of nitrogens with one attached hydrogen (secondary N) is 1. The van der Waals surface area contributed by atoms with Gasteiger partial charge < -0.3 is 10.4 Å². The van der Waals surface area contributed by atoms with Crippen LogP contribution in [-0.4, -0.2) is 23.5 Å². The van der Waals surface area contributed by atoms with E-state index in [1.807, 2.05) is 0 Å². The Morgan fingerprint density at radius 2 is 1.91 bits per heavy atom. The molecule has 1 saturated carbocycles. The topological polar surface area (TPSA) is 49.3 Å². The van der Waals surface area contributed by atoms with Crippen LogP contribution in [0.15, 0.2) is 18.2 Å². The molecule has 1 aromatic carbocycles. The average Bonchev–Trinajstić information content (AvgIpc) is 2.40. The second-order valence-electron chi connectivity index (χ2n) is 5.77. The maximum Gasteiger partial charge on any atom is 0.419 e. The van der Waals surface area contributed by atoms with E-state index in [9.17, 15) is 27.5 Å². The normalized spacial score (nSPS) is 29.7. The summed E-state index contributed by atoms with van der Waals surface area (Å²) < 4.78 is 53.6. The molecule has 3 nitrogen and oxygen atoms in total. The summed E-state index contributed by atoms with van der Waals surface area (Å²) >= 11 is 0. The van der Waals surface area contributed by atoms with Gasteiger partial charge in [0.2, 0.25) is 0 Å². The van der Waals surface area contributed by atoms with Gasteiger partial charge in [-0.05, 0) is 44.9 Å². The van der Waals surface area contributed by atoms with E-state index >= 15 is 0 Å². The first kappa shape index (κ1) is 16.9. The molecule has 0 bridgehead atoms. The molecule has 2 N–H and O–H groups in total. The molecule has 122 valence electrons. The maximum absolute atomic E-state index is 13.8. The van der Waals surface area contributed by atoms with Gasteiger partial charge in [0.15, 0.2) is 5.78 Å². The summed E-state index contributed by atoms with van der Waals surface area (Å²) in [6, 6.07) is 2.93. The second kappa shape index (κ2) is 5.31. The van der Waals surface area contributed by atoms with E-state index in [1.54, 1.807) is 0 Å². The first-order valence-corrected chi connectivity index (χ1v) is 6.88. The van der Waals surface area contributed by atoms with Gasteiger partial charge in [-0.15, -0.1) is 0 Å². The molecule has 1 aromatic rings. The van der Waals surface area contributed by atoms with Crippen molar-refractivity contribution in [3.05, 3.63) is 35.1 Å². The Hall–Kier alpha value is -1.47. The van der Waals surface area contributed by atoms with Gasteiger partial charge >= 0.3 is 6.18 Å². The number of Topliss-reactive ketones (excluding diaryl/α,β-unsaturated/α-hetero) is 1. The van der Waals surface area contributed by atoms with Crippen LogP contribution in [0.25, 0.3) is 0 Å². The summed E-state index contributed by atoms with van der Waals surface area (Å²) in [6.07, 6.45) is -4.38. The van der Waals surface area contributed by atoms with Crippen molar-refractivity contribution in [1.82, 2.24) is 5.32 Å². The maximum atomic E-state index is 13.8. The molecule has 0 heterocycles. The largest absolute Gasteiger partial charge is 0.419 e. The molecule has 0 radical (unpaired) electrons. The van der Waals surface area contributed by atoms with Crippen molar-refractivity contribution in [2.45, 2.75) is 43.5 Å². The van der Waals surface area contributed by atoms with Crippen molar-refractivity contribution in [2.75, 3.05) is 7.05 Å². The molecular formula is C15H17F4NO2. The van der Waals surface area contributed by atoms with Gasteiger partial charge in [-0.2, -0.15) is 13.2 Å². The SMILES string of the molecule is CNC1(c2cccc(F)c2C(F)(F)F)CCCC(C)(O)C1=O. The van der Waals surface area contributed by atoms with E-state index < -0.39 is 40.0 Å². The lowest BCUT2D eigenvalue weighted by Gasteiger charge is -2.43. The number of halogens is 4. The lowest BCUT2D eigenvalue weighted by atomic mass is 9.68. The molecule has 1 aliphatic carbocycles. The summed E-state index contributed by atoms with van der Waals surface area (Å²) in [5, 5.41) is 12.8. The van der Waals surface area contributed by atoms with Crippen molar-refractivity contribution in [2.24, 2.45) is 0 Å². The van der Waals surface area contributed by atoms with Gasteiger partial charge in [-0.25, -0.2) is 4.39 Å². The fourth-order valence-electron chi connectivity index (χ4n) is 3.18. The number of aliphatic hydroxyl groups is 1. The van der Waals surface area contributed by atoms with Crippen molar-refractivity contribution < 1.29 is 27.5 Å². The Kier molecular flexibility index (Phi) is 4.08. The minimum Gasteiger partial charge on any atom is -0.382 e. The van der Waals surface area contributed by atoms with E-state index in [0.717, 1.165) is 12.1 Å². The van der Waals surface area contributed by atoms with Crippen LogP contribution in [0.2, 0.25) is 0 Å². The zero-order chi connectivity index (χ0) is 16.8. The number of hydrogen-bond acceptors (Lipinski definition) is 3. The Morgan fingerprint density at radius 1 is 1.27 bits per heavy atom. The second-order valence-corrected chi connectivity index (χ2v) is 5.77. The van der Waals surface area contributed by atoms with E-state index in [0.29, 0.717) is 12.5 Å². The number of alkyl halides is 3. The number of benzene rings is 1. The number of hydrogen-bond donors (Lipinski definition) is 2. The van der Waals surface area contributed by atoms with Crippen molar-refractivity contribution in [1.29, 1.82) is 0 Å². The first-order valence-electron chi connectivity index (χ1n) is 6.88. The van der Waals surface area contributed by atoms with Gasteiger partial charge in [0.25, 0.3) is 0 Å². The molecule has 1 fully saturated rings. The molecule has 2 atom stereocenters. The van der Waals surface area contributed by atoms with E-state index in [1.165, 1.54) is 14.0 Å². The van der Waals surface area contributed by atoms with Crippen LogP contribution in [0.5, 0.6) is 0 Å². The Labute approximate surface area is 125 Å². The van der Waals surface area contributed by atoms with Gasteiger partial charge in [0.05, 0.1) is 5.56 Å². The fourth-order valence-corrected chi connectivity index (χ4v) is 3.18. The zero-order valence-electron chi connectivity index (χ0n) is 12.2. The molecular weight excluding hydrogens is 302 g/mol. The van der Waals surface area contributed by atoms with Crippen LogP contribution in [0.3, 0.4) is 0 Å². The molecule has 0 amide bonds. The quantitative estimate of drug-likeness (QED) is 0.824. The van der Waals surface area contributed by atoms with Gasteiger partial charge in [0, 0.05) is 0 Å². The number of likely N-dealkylation sites (N-methyl/N-ethyl adjacent to an activating group) is 1. The summed E-state index contributed by atoms with van der Waals surface area (Å²) in [7, 11) is 1.34. The molecule has 2 unspecified atom stereocenters. The predicted octanol–water partition coefficient (Wildman–Crippen LogP) is 2.76. The van der Waals surface area contributed by atoms with Crippen LogP contribution < -0.4 is 5.32 Å². The first-order chi connectivity index (χ1) is 10.1. The molecule has 0 saturated heterocycles. The van der Waals surface area contributed by atoms with Crippen molar-refractivity contribution >= 4 is 5.78 Å². The number of carbonyl (C=O) groups excluding carboxylic acids is 1. The van der Waals surface area contributed by atoms with Crippen LogP contribution in [0, 0.1) is 5.82 Å². The molecule has 22 heavy (non-hydrogen) atoms. The summed E-state index contributed by atoms with van der Waals surface area (Å²) in [5.41, 5.74) is -5.45. The lowest BCUT2D eigenvalue weighted by molar-refractivity contribution is -0.151. The van der Waals surface area contributed by atoms with E-state index in [-0.39, 0.29) is 12.8 Å². The highest BCUT2D eigenvalue weighted by atomic mass is 19.4. The monoisotopic (exact) mass is 319 g/mol. The summed E-state index contributed by atoms with van der Waals surface area (Å²) in [6.45, 7) is 1.27. The minimum atomic E-state index is -4.94. The molecule has 7 heteroatoms. The van der Waals surface area contributed by atoms with Gasteiger partial charge in [-0.1, -0.05) is 12.1 Å². The Bertz CT molecular complexity index is 598. The highest BCUT2D eigenvalue weighted by molar-refractivity contribution is 5.97. The summed E-state index contributed by atoms with van der Waals surface area (Å²) in [5.74, 6) is -2.21. The van der Waals surface area contributed by atoms with Crippen LogP contribution in [0.1, 0.15) is 37.3 Å². The molecule has 2 rings (SSSR count). The number of rotatable bonds is 2. The highest BCUT2D eigenvalue weighted by Crippen LogP contribution is 2.44. The minimum absolute atomic E-state index is 0.0605. The third-order valence-corrected chi connectivity index (χ3v) is 4.28. The van der Waals surface area contributed by atoms with Crippen molar-refractivity contribution in [3.63, 3.8) is 0 Å². The fraction of sp³-hybridized carbons (Fsp3) is 0.533. The van der Waals surface area contributed by atoms with E-state index in [4.69, 9.17) is 0 Å². The highest BCUT2D eigenvalue weighted by Gasteiger charge is 2.53. The predicted molar refractivity (Wildman–Crippen MR) is 71.6 cm³/mol. The summed E-state index contributed by atoms with van der Waals surface area (Å²) in [4.78, 5) is 12.6. The van der Waals surface area contributed by atoms with Crippen LogP contribution in [-0.2, 0) is 16.5 Å². The molecule has 0 spiro atoms. The number of ketones is 1. The lowest BCUT2D eigenvalue weighted by Crippen LogP contribution is -2.59. The van der Waals surface area contributed by atoms with Gasteiger partial charge in [0.1, 0.15) is 17.0 Å². The standard InChI is InChI=1S/C15H17F4NO2/c1-13(22)7-4-8-14(20-2,12(13)21)9-5-3-6-10(16)11(9)15(17,18)19/h3,5-6,20,22H,4,7-8H2,1-2H3. The van der Waals surface area contributed by atoms with Crippen LogP contribution in [0.4, 0.5) is 17.6 Å². The Morgan fingerprint density at radius 3 is 2.45 bits per heavy atom. The average molecular weight is 319 g/mol. The molecule has 0 aliphatic heterocycles. The van der Waals surface area contributed by atoms with Crippen LogP contribution >= 0.6 is 0 Å². The van der Waals surface area contributed by atoms with Crippen molar-refractivity contribution in [3.8, 4) is 0 Å². The Balaban J connectivity index is 2.72. The van der Waals surface area contributed by atoms with E-state index in [2.05, 4.69) is 5.32 Å². The third kappa shape index (κ3) is 2.52. The number of carbonyl (C=O) groups is 1. The molecule has 1 aliphatic rings. The third-order valence-electron chi connectivity index (χ3n) is 4.28.